The number of aryl methyl sites for hydroxylation is 2. The number of rotatable bonds is 6. The molecule has 0 spiro atoms. The Hall–Kier alpha value is -2.62. The third kappa shape index (κ3) is 3.75. The number of nitrogens with zero attached hydrogens (tertiary/aromatic N) is 2. The molecular formula is C23H28N2O2. The molecular weight excluding hydrogens is 336 g/mol. The van der Waals surface area contributed by atoms with Crippen LogP contribution in [0.15, 0.2) is 48.5 Å². The molecule has 1 aliphatic heterocycles. The van der Waals surface area contributed by atoms with Crippen molar-refractivity contribution in [3.63, 3.8) is 0 Å². The molecule has 0 aromatic heterocycles. The minimum absolute atomic E-state index is 0.0339. The van der Waals surface area contributed by atoms with Gasteiger partial charge in [0.2, 0.25) is 11.8 Å². The standard InChI is InChI=1S/C23H28N2O2/c1-4-17-11-10-12-18(5-2)22(17)25-16-19(15-21(25)26)23(27)24(6-3)20-13-8-7-9-14-20/h7-14,19H,4-6,15-16H2,1-3H3. The van der Waals surface area contributed by atoms with Crippen LogP contribution in [0.5, 0.6) is 0 Å². The molecule has 0 bridgehead atoms. The molecule has 4 heteroatoms. The van der Waals surface area contributed by atoms with Crippen molar-refractivity contribution in [2.75, 3.05) is 22.9 Å². The van der Waals surface area contributed by atoms with Gasteiger partial charge < -0.3 is 9.80 Å². The van der Waals surface area contributed by atoms with Gasteiger partial charge in [0.05, 0.1) is 5.92 Å². The van der Waals surface area contributed by atoms with E-state index in [4.69, 9.17) is 0 Å². The largest absolute Gasteiger partial charge is 0.312 e. The zero-order valence-corrected chi connectivity index (χ0v) is 16.4. The van der Waals surface area contributed by atoms with Gasteiger partial charge in [-0.3, -0.25) is 9.59 Å². The van der Waals surface area contributed by atoms with Gasteiger partial charge in [-0.15, -0.1) is 0 Å². The molecule has 1 saturated heterocycles. The topological polar surface area (TPSA) is 40.6 Å². The van der Waals surface area contributed by atoms with Crippen LogP contribution in [0.25, 0.3) is 0 Å². The minimum atomic E-state index is -0.299. The molecule has 1 fully saturated rings. The number of carbonyl (C=O) groups is 2. The second-order valence-electron chi connectivity index (χ2n) is 6.96. The van der Waals surface area contributed by atoms with Crippen LogP contribution in [0.3, 0.4) is 0 Å². The molecule has 2 amide bonds. The Morgan fingerprint density at radius 2 is 1.63 bits per heavy atom. The highest BCUT2D eigenvalue weighted by Crippen LogP contribution is 2.33. The Kier molecular flexibility index (Phi) is 5.94. The summed E-state index contributed by atoms with van der Waals surface area (Å²) < 4.78 is 0. The van der Waals surface area contributed by atoms with Crippen LogP contribution in [0.1, 0.15) is 38.3 Å². The van der Waals surface area contributed by atoms with E-state index in [0.29, 0.717) is 13.1 Å². The fourth-order valence-corrected chi connectivity index (χ4v) is 3.94. The Labute approximate surface area is 161 Å². The summed E-state index contributed by atoms with van der Waals surface area (Å²) in [6.07, 6.45) is 2.02. The minimum Gasteiger partial charge on any atom is -0.312 e. The van der Waals surface area contributed by atoms with Crippen LogP contribution in [-0.2, 0) is 22.4 Å². The average molecular weight is 364 g/mol. The smallest absolute Gasteiger partial charge is 0.232 e. The number of carbonyl (C=O) groups excluding carboxylic acids is 2. The summed E-state index contributed by atoms with van der Waals surface area (Å²) in [4.78, 5) is 29.6. The molecule has 1 heterocycles. The van der Waals surface area contributed by atoms with Crippen LogP contribution in [0, 0.1) is 5.92 Å². The number of amides is 2. The van der Waals surface area contributed by atoms with Gasteiger partial charge >= 0.3 is 0 Å². The van der Waals surface area contributed by atoms with E-state index in [9.17, 15) is 9.59 Å². The monoisotopic (exact) mass is 364 g/mol. The summed E-state index contributed by atoms with van der Waals surface area (Å²) in [7, 11) is 0. The first kappa shape index (κ1) is 19.2. The average Bonchev–Trinajstić information content (AvgIpc) is 3.09. The van der Waals surface area contributed by atoms with Gasteiger partial charge in [0.15, 0.2) is 0 Å². The summed E-state index contributed by atoms with van der Waals surface area (Å²) in [6.45, 7) is 7.25. The van der Waals surface area contributed by atoms with Crippen molar-refractivity contribution in [3.05, 3.63) is 59.7 Å². The Balaban J connectivity index is 1.87. The van der Waals surface area contributed by atoms with Gasteiger partial charge in [-0.1, -0.05) is 50.2 Å². The lowest BCUT2D eigenvalue weighted by Gasteiger charge is -2.26. The Morgan fingerprint density at radius 1 is 1.00 bits per heavy atom. The van der Waals surface area contributed by atoms with Crippen molar-refractivity contribution in [2.24, 2.45) is 5.92 Å². The van der Waals surface area contributed by atoms with E-state index in [1.54, 1.807) is 4.90 Å². The quantitative estimate of drug-likeness (QED) is 0.770. The molecule has 4 nitrogen and oxygen atoms in total. The first-order chi connectivity index (χ1) is 13.1. The lowest BCUT2D eigenvalue weighted by molar-refractivity contribution is -0.124. The van der Waals surface area contributed by atoms with Gasteiger partial charge in [-0.2, -0.15) is 0 Å². The van der Waals surface area contributed by atoms with E-state index in [1.165, 1.54) is 11.1 Å². The second-order valence-corrected chi connectivity index (χ2v) is 6.96. The summed E-state index contributed by atoms with van der Waals surface area (Å²) >= 11 is 0. The van der Waals surface area contributed by atoms with Crippen molar-refractivity contribution < 1.29 is 9.59 Å². The first-order valence-corrected chi connectivity index (χ1v) is 9.88. The van der Waals surface area contributed by atoms with E-state index in [0.717, 1.165) is 24.2 Å². The molecule has 2 aromatic rings. The zero-order valence-electron chi connectivity index (χ0n) is 16.4. The lowest BCUT2D eigenvalue weighted by atomic mass is 10.0. The highest BCUT2D eigenvalue weighted by molar-refractivity contribution is 6.05. The van der Waals surface area contributed by atoms with E-state index in [-0.39, 0.29) is 24.2 Å². The van der Waals surface area contributed by atoms with Gasteiger partial charge in [0.1, 0.15) is 0 Å². The molecule has 2 aromatic carbocycles. The molecule has 0 saturated carbocycles. The highest BCUT2D eigenvalue weighted by Gasteiger charge is 2.38. The van der Waals surface area contributed by atoms with Gasteiger partial charge in [-0.05, 0) is 43.0 Å². The molecule has 0 aliphatic carbocycles. The predicted octanol–water partition coefficient (Wildman–Crippen LogP) is 4.22. The van der Waals surface area contributed by atoms with E-state index < -0.39 is 0 Å². The Bertz CT molecular complexity index is 794. The summed E-state index contributed by atoms with van der Waals surface area (Å²) in [5.41, 5.74) is 4.25. The van der Waals surface area contributed by atoms with E-state index >= 15 is 0 Å². The van der Waals surface area contributed by atoms with Crippen molar-refractivity contribution >= 4 is 23.2 Å². The number of benzene rings is 2. The maximum absolute atomic E-state index is 13.2. The Morgan fingerprint density at radius 3 is 2.19 bits per heavy atom. The van der Waals surface area contributed by atoms with E-state index in [2.05, 4.69) is 32.0 Å². The predicted molar refractivity (Wildman–Crippen MR) is 110 cm³/mol. The van der Waals surface area contributed by atoms with Crippen LogP contribution < -0.4 is 9.80 Å². The second kappa shape index (κ2) is 8.38. The van der Waals surface area contributed by atoms with Crippen molar-refractivity contribution in [1.82, 2.24) is 0 Å². The van der Waals surface area contributed by atoms with Crippen molar-refractivity contribution in [2.45, 2.75) is 40.0 Å². The number of hydrogen-bond donors (Lipinski definition) is 0. The molecule has 142 valence electrons. The lowest BCUT2D eigenvalue weighted by Crippen LogP contribution is -2.37. The number of hydrogen-bond acceptors (Lipinski definition) is 2. The van der Waals surface area contributed by atoms with Crippen LogP contribution in [0.4, 0.5) is 11.4 Å². The summed E-state index contributed by atoms with van der Waals surface area (Å²) in [6, 6.07) is 15.9. The number of para-hydroxylation sites is 2. The maximum atomic E-state index is 13.2. The van der Waals surface area contributed by atoms with Crippen molar-refractivity contribution in [3.8, 4) is 0 Å². The van der Waals surface area contributed by atoms with Crippen LogP contribution >= 0.6 is 0 Å². The van der Waals surface area contributed by atoms with Crippen LogP contribution in [0.2, 0.25) is 0 Å². The fraction of sp³-hybridized carbons (Fsp3) is 0.391. The summed E-state index contributed by atoms with van der Waals surface area (Å²) in [5.74, 6) is -0.216. The zero-order chi connectivity index (χ0) is 19.4. The highest BCUT2D eigenvalue weighted by atomic mass is 16.2. The maximum Gasteiger partial charge on any atom is 0.232 e. The first-order valence-electron chi connectivity index (χ1n) is 9.88. The third-order valence-corrected chi connectivity index (χ3v) is 5.36. The molecule has 1 unspecified atom stereocenters. The summed E-state index contributed by atoms with van der Waals surface area (Å²) in [5, 5.41) is 0. The van der Waals surface area contributed by atoms with Crippen molar-refractivity contribution in [1.29, 1.82) is 0 Å². The number of anilines is 2. The normalized spacial score (nSPS) is 16.6. The van der Waals surface area contributed by atoms with Crippen LogP contribution in [-0.4, -0.2) is 24.9 Å². The molecule has 1 aliphatic rings. The third-order valence-electron chi connectivity index (χ3n) is 5.36. The molecule has 3 rings (SSSR count). The SMILES string of the molecule is CCc1cccc(CC)c1N1CC(C(=O)N(CC)c2ccccc2)CC1=O. The molecule has 0 N–H and O–H groups in total. The molecule has 1 atom stereocenters. The molecule has 27 heavy (non-hydrogen) atoms. The van der Waals surface area contributed by atoms with Gasteiger partial charge in [-0.25, -0.2) is 0 Å². The van der Waals surface area contributed by atoms with Gasteiger partial charge in [0, 0.05) is 30.9 Å². The molecule has 0 radical (unpaired) electrons. The van der Waals surface area contributed by atoms with Gasteiger partial charge in [0.25, 0.3) is 0 Å². The fourth-order valence-electron chi connectivity index (χ4n) is 3.94. The van der Waals surface area contributed by atoms with E-state index in [1.807, 2.05) is 42.2 Å².